The molecule has 2 unspecified atom stereocenters. The average Bonchev–Trinajstić information content (AvgIpc) is 3.62. The minimum absolute atomic E-state index is 0.311. The first kappa shape index (κ1) is 26.7. The van der Waals surface area contributed by atoms with Gasteiger partial charge in [0, 0.05) is 17.5 Å². The van der Waals surface area contributed by atoms with E-state index < -0.39 is 18.2 Å². The molecular weight excluding hydrogens is 529 g/mol. The molecule has 11 heteroatoms. The van der Waals surface area contributed by atoms with Gasteiger partial charge in [0.05, 0.1) is 23.7 Å². The number of thiazole rings is 1. The summed E-state index contributed by atoms with van der Waals surface area (Å²) in [5.41, 5.74) is 3.39. The molecular formula is C26H26N4O4S3. The van der Waals surface area contributed by atoms with Crippen molar-refractivity contribution in [2.45, 2.75) is 24.9 Å². The van der Waals surface area contributed by atoms with Crippen molar-refractivity contribution >= 4 is 52.6 Å². The monoisotopic (exact) mass is 554 g/mol. The number of rotatable bonds is 11. The molecule has 2 aromatic carbocycles. The number of nitrogens with zero attached hydrogens (tertiary/aromatic N) is 1. The topological polar surface area (TPSA) is 113 Å². The number of aromatic nitrogens is 1. The molecule has 2 heterocycles. The third-order valence-electron chi connectivity index (χ3n) is 5.56. The van der Waals surface area contributed by atoms with Gasteiger partial charge in [-0.2, -0.15) is 0 Å². The number of nitrogens with one attached hydrogen (secondary N) is 3. The summed E-state index contributed by atoms with van der Waals surface area (Å²) >= 11 is 3.67. The SMILES string of the molecule is COC(=O)NC(Cc1ccccc1)C(=O)NC(Cc1ccc(NSO)cc1)c1csc(-c2cccs2)n1. The van der Waals surface area contributed by atoms with Crippen LogP contribution in [0.5, 0.6) is 0 Å². The number of anilines is 1. The zero-order chi connectivity index (χ0) is 26.0. The lowest BCUT2D eigenvalue weighted by atomic mass is 10.0. The molecule has 4 N–H and O–H groups in total. The van der Waals surface area contributed by atoms with Crippen molar-refractivity contribution in [1.82, 2.24) is 15.6 Å². The molecule has 0 fully saturated rings. The van der Waals surface area contributed by atoms with Crippen molar-refractivity contribution in [3.8, 4) is 9.88 Å². The van der Waals surface area contributed by atoms with E-state index in [2.05, 4.69) is 15.4 Å². The summed E-state index contributed by atoms with van der Waals surface area (Å²) in [6.45, 7) is 0. The van der Waals surface area contributed by atoms with E-state index in [-0.39, 0.29) is 5.91 Å². The van der Waals surface area contributed by atoms with Crippen molar-refractivity contribution in [2.24, 2.45) is 0 Å². The molecule has 4 rings (SSSR count). The van der Waals surface area contributed by atoms with E-state index >= 15 is 0 Å². The third-order valence-corrected chi connectivity index (χ3v) is 7.79. The molecule has 0 bridgehead atoms. The van der Waals surface area contributed by atoms with Crippen molar-refractivity contribution in [3.63, 3.8) is 0 Å². The highest BCUT2D eigenvalue weighted by Gasteiger charge is 2.26. The maximum atomic E-state index is 13.5. The van der Waals surface area contributed by atoms with Gasteiger partial charge in [-0.15, -0.1) is 22.7 Å². The fourth-order valence-corrected chi connectivity index (χ4v) is 5.65. The summed E-state index contributed by atoms with van der Waals surface area (Å²) in [5, 5.41) is 10.6. The van der Waals surface area contributed by atoms with E-state index in [4.69, 9.17) is 14.3 Å². The highest BCUT2D eigenvalue weighted by molar-refractivity contribution is 7.95. The largest absolute Gasteiger partial charge is 0.453 e. The lowest BCUT2D eigenvalue weighted by Gasteiger charge is -2.23. The number of carbonyl (C=O) groups excluding carboxylic acids is 2. The molecule has 2 atom stereocenters. The predicted molar refractivity (Wildman–Crippen MR) is 150 cm³/mol. The highest BCUT2D eigenvalue weighted by atomic mass is 32.2. The first-order chi connectivity index (χ1) is 18.1. The number of carbonyl (C=O) groups is 2. The van der Waals surface area contributed by atoms with Crippen molar-refractivity contribution in [1.29, 1.82) is 0 Å². The summed E-state index contributed by atoms with van der Waals surface area (Å²) < 4.78 is 16.6. The van der Waals surface area contributed by atoms with Gasteiger partial charge in [0.1, 0.15) is 23.3 Å². The zero-order valence-corrected chi connectivity index (χ0v) is 22.4. The molecule has 4 aromatic rings. The number of hydrogen-bond donors (Lipinski definition) is 4. The summed E-state index contributed by atoms with van der Waals surface area (Å²) in [5.74, 6) is -0.333. The number of amides is 2. The van der Waals surface area contributed by atoms with Crippen LogP contribution in [0.2, 0.25) is 0 Å². The van der Waals surface area contributed by atoms with Crippen molar-refractivity contribution in [3.05, 3.63) is 94.3 Å². The maximum Gasteiger partial charge on any atom is 0.407 e. The zero-order valence-electron chi connectivity index (χ0n) is 19.9. The van der Waals surface area contributed by atoms with Gasteiger partial charge in [-0.3, -0.25) is 4.79 Å². The minimum Gasteiger partial charge on any atom is -0.453 e. The van der Waals surface area contributed by atoms with Crippen LogP contribution < -0.4 is 15.4 Å². The Balaban J connectivity index is 1.58. The molecule has 192 valence electrons. The second kappa shape index (κ2) is 13.2. The van der Waals surface area contributed by atoms with E-state index in [1.807, 2.05) is 77.5 Å². The third kappa shape index (κ3) is 7.56. The summed E-state index contributed by atoms with van der Waals surface area (Å²) in [7, 11) is 1.27. The second-order valence-electron chi connectivity index (χ2n) is 8.09. The van der Waals surface area contributed by atoms with Gasteiger partial charge in [0.2, 0.25) is 5.91 Å². The van der Waals surface area contributed by atoms with Gasteiger partial charge in [-0.05, 0) is 41.1 Å². The molecule has 0 aliphatic heterocycles. The fraction of sp³-hybridized carbons (Fsp3) is 0.192. The number of thiophene rings is 1. The van der Waals surface area contributed by atoms with Crippen LogP contribution in [-0.2, 0) is 22.4 Å². The van der Waals surface area contributed by atoms with Crippen LogP contribution >= 0.6 is 34.9 Å². The van der Waals surface area contributed by atoms with E-state index in [0.717, 1.165) is 32.4 Å². The highest BCUT2D eigenvalue weighted by Crippen LogP contribution is 2.31. The Morgan fingerprint density at radius 3 is 2.41 bits per heavy atom. The first-order valence-corrected chi connectivity index (χ1v) is 13.9. The smallest absolute Gasteiger partial charge is 0.407 e. The van der Waals surface area contributed by atoms with Gasteiger partial charge < -0.3 is 24.6 Å². The Labute approximate surface area is 227 Å². The Bertz CT molecular complexity index is 1280. The van der Waals surface area contributed by atoms with Crippen LogP contribution in [0.1, 0.15) is 22.9 Å². The lowest BCUT2D eigenvalue weighted by molar-refractivity contribution is -0.123. The van der Waals surface area contributed by atoms with Crippen LogP contribution in [0.15, 0.2) is 77.5 Å². The van der Waals surface area contributed by atoms with E-state index in [1.165, 1.54) is 18.4 Å². The molecule has 2 aromatic heterocycles. The summed E-state index contributed by atoms with van der Waals surface area (Å²) in [6, 6.07) is 19.8. The quantitative estimate of drug-likeness (QED) is 0.137. The molecule has 0 saturated carbocycles. The first-order valence-electron chi connectivity index (χ1n) is 11.4. The van der Waals surface area contributed by atoms with Gasteiger partial charge in [0.25, 0.3) is 0 Å². The fourth-order valence-electron chi connectivity index (χ4n) is 3.72. The molecule has 37 heavy (non-hydrogen) atoms. The Hall–Kier alpha value is -3.38. The van der Waals surface area contributed by atoms with Gasteiger partial charge in [-0.1, -0.05) is 48.5 Å². The van der Waals surface area contributed by atoms with E-state index in [0.29, 0.717) is 25.1 Å². The van der Waals surface area contributed by atoms with Crippen LogP contribution in [0.3, 0.4) is 0 Å². The number of alkyl carbamates (subject to hydrolysis) is 1. The molecule has 0 aliphatic carbocycles. The van der Waals surface area contributed by atoms with Crippen LogP contribution in [0.4, 0.5) is 10.5 Å². The summed E-state index contributed by atoms with van der Waals surface area (Å²) in [4.78, 5) is 31.4. The van der Waals surface area contributed by atoms with Crippen LogP contribution in [0.25, 0.3) is 9.88 Å². The van der Waals surface area contributed by atoms with Gasteiger partial charge in [-0.25, -0.2) is 9.78 Å². The number of hydrogen-bond acceptors (Lipinski definition) is 9. The van der Waals surface area contributed by atoms with E-state index in [1.54, 1.807) is 11.3 Å². The van der Waals surface area contributed by atoms with Gasteiger partial charge in [0.15, 0.2) is 0 Å². The summed E-state index contributed by atoms with van der Waals surface area (Å²) in [6.07, 6.45) is 0.124. The molecule has 8 nitrogen and oxygen atoms in total. The standard InChI is InChI=1S/C26H26N4O4S3/c1-34-26(32)29-21(15-17-6-3-2-4-7-17)24(31)27-20(14-18-9-11-19(12-10-18)30-37-33)22-16-36-25(28-22)23-8-5-13-35-23/h2-13,16,20-21,30,33H,14-15H2,1H3,(H,27,31)(H,29,32). The number of ether oxygens (including phenoxy) is 1. The Morgan fingerprint density at radius 1 is 0.973 bits per heavy atom. The molecule has 0 spiro atoms. The van der Waals surface area contributed by atoms with Crippen LogP contribution in [-0.4, -0.2) is 34.7 Å². The van der Waals surface area contributed by atoms with Gasteiger partial charge >= 0.3 is 6.09 Å². The lowest BCUT2D eigenvalue weighted by Crippen LogP contribution is -2.49. The maximum absolute atomic E-state index is 13.5. The Kier molecular flexibility index (Phi) is 9.55. The normalized spacial score (nSPS) is 12.4. The number of methoxy groups -OCH3 is 1. The molecule has 0 aliphatic rings. The number of benzene rings is 2. The molecule has 0 radical (unpaired) electrons. The van der Waals surface area contributed by atoms with Crippen molar-refractivity contribution < 1.29 is 18.9 Å². The van der Waals surface area contributed by atoms with Crippen molar-refractivity contribution in [2.75, 3.05) is 11.8 Å². The molecule has 2 amide bonds. The van der Waals surface area contributed by atoms with E-state index in [9.17, 15) is 9.59 Å². The second-order valence-corrected chi connectivity index (χ2v) is 10.3. The Morgan fingerprint density at radius 2 is 1.73 bits per heavy atom. The van der Waals surface area contributed by atoms with Crippen LogP contribution in [0, 0.1) is 0 Å². The minimum atomic E-state index is -0.832. The predicted octanol–water partition coefficient (Wildman–Crippen LogP) is 5.77. The molecule has 0 saturated heterocycles. The average molecular weight is 555 g/mol.